The van der Waals surface area contributed by atoms with Crippen molar-refractivity contribution >= 4 is 27.5 Å². The maximum Gasteiger partial charge on any atom is 0.329 e. The first kappa shape index (κ1) is 28.1. The van der Waals surface area contributed by atoms with Gasteiger partial charge in [0.1, 0.15) is 36.0 Å². The summed E-state index contributed by atoms with van der Waals surface area (Å²) in [6, 6.07) is 18.3. The minimum absolute atomic E-state index is 0.0707. The normalized spacial score (nSPS) is 13.5. The van der Waals surface area contributed by atoms with Gasteiger partial charge in [0.05, 0.1) is 12.3 Å². The number of aliphatic hydroxyl groups excluding tert-OH is 2. The smallest absolute Gasteiger partial charge is 0.329 e. The molecule has 0 unspecified atom stereocenters. The van der Waals surface area contributed by atoms with Crippen LogP contribution in [-0.2, 0) is 4.79 Å². The van der Waals surface area contributed by atoms with Gasteiger partial charge in [0.25, 0.3) is 0 Å². The molecule has 0 aliphatic carbocycles. The number of H-pyrrole nitrogens is 1. The number of imidazole rings is 1. The minimum Gasteiger partial charge on any atom is -0.493 e. The minimum atomic E-state index is -1.24. The zero-order valence-corrected chi connectivity index (χ0v) is 22.4. The Bertz CT molecular complexity index is 1490. The highest BCUT2D eigenvalue weighted by atomic mass is 79.9. The fraction of sp³-hybridized carbons (Fsp3) is 0.214. The lowest BCUT2D eigenvalue weighted by molar-refractivity contribution is -0.120. The number of anilines is 1. The summed E-state index contributed by atoms with van der Waals surface area (Å²) in [5, 5.41) is 32.1. The Morgan fingerprint density at radius 3 is 2.46 bits per heavy atom. The molecule has 9 nitrogen and oxygen atoms in total. The highest BCUT2D eigenvalue weighted by molar-refractivity contribution is 9.10. The van der Waals surface area contributed by atoms with Crippen molar-refractivity contribution in [3.63, 3.8) is 0 Å². The Morgan fingerprint density at radius 1 is 1.13 bits per heavy atom. The number of nitrogens with zero attached hydrogens (tertiary/aromatic N) is 1. The van der Waals surface area contributed by atoms with Crippen LogP contribution in [0.2, 0.25) is 0 Å². The lowest BCUT2D eigenvalue weighted by Crippen LogP contribution is -2.35. The standard InChI is InChI=1S/C28H27BrFN3O6/c1-16(17-5-3-2-4-6-17)25(26(36)31-23-12-9-19(29)13-22(23)30)33-27(37)24(32-28(33)38)18-7-10-21(11-8-18)39-15-20(35)14-34/h2-13,16,20,25,34-35,37H,14-15H2,1H3,(H,31,36)(H,32,38)/t16-,20+,25-/m0/s1. The number of amides is 1. The van der Waals surface area contributed by atoms with Gasteiger partial charge >= 0.3 is 5.69 Å². The predicted octanol–water partition coefficient (Wildman–Crippen LogP) is 4.17. The molecule has 0 spiro atoms. The van der Waals surface area contributed by atoms with Gasteiger partial charge in [-0.25, -0.2) is 13.8 Å². The van der Waals surface area contributed by atoms with E-state index in [0.717, 1.165) is 10.1 Å². The van der Waals surface area contributed by atoms with Gasteiger partial charge in [0.15, 0.2) is 0 Å². The molecular weight excluding hydrogens is 573 g/mol. The topological polar surface area (TPSA) is 137 Å². The van der Waals surface area contributed by atoms with Crippen LogP contribution in [0.5, 0.6) is 11.6 Å². The molecule has 0 fully saturated rings. The maximum absolute atomic E-state index is 14.5. The molecule has 1 heterocycles. The highest BCUT2D eigenvalue weighted by Gasteiger charge is 2.33. The van der Waals surface area contributed by atoms with Crippen LogP contribution in [0, 0.1) is 5.82 Å². The van der Waals surface area contributed by atoms with Crippen molar-refractivity contribution in [2.45, 2.75) is 25.0 Å². The molecule has 0 bridgehead atoms. The molecule has 3 aromatic carbocycles. The summed E-state index contributed by atoms with van der Waals surface area (Å²) in [5.74, 6) is -2.01. The van der Waals surface area contributed by atoms with Gasteiger partial charge in [-0.2, -0.15) is 0 Å². The fourth-order valence-electron chi connectivity index (χ4n) is 4.17. The van der Waals surface area contributed by atoms with Gasteiger partial charge in [-0.15, -0.1) is 0 Å². The molecule has 3 atom stereocenters. The molecule has 1 aromatic heterocycles. The number of aromatic amines is 1. The van der Waals surface area contributed by atoms with E-state index >= 15 is 0 Å². The molecule has 0 saturated carbocycles. The van der Waals surface area contributed by atoms with E-state index < -0.39 is 48.0 Å². The number of rotatable bonds is 10. The van der Waals surface area contributed by atoms with Crippen molar-refractivity contribution in [2.75, 3.05) is 18.5 Å². The zero-order valence-electron chi connectivity index (χ0n) is 20.8. The Kier molecular flexibility index (Phi) is 8.85. The van der Waals surface area contributed by atoms with E-state index in [0.29, 0.717) is 15.8 Å². The molecule has 0 aliphatic rings. The second kappa shape index (κ2) is 12.3. The van der Waals surface area contributed by atoms with E-state index in [9.17, 15) is 24.2 Å². The number of halogens is 2. The van der Waals surface area contributed by atoms with E-state index in [1.807, 2.05) is 6.07 Å². The van der Waals surface area contributed by atoms with Crippen molar-refractivity contribution in [3.05, 3.63) is 99.1 Å². The molecule has 4 aromatic rings. The lowest BCUT2D eigenvalue weighted by Gasteiger charge is -2.25. The number of nitrogens with one attached hydrogen (secondary N) is 2. The van der Waals surface area contributed by atoms with Crippen molar-refractivity contribution in [1.29, 1.82) is 0 Å². The van der Waals surface area contributed by atoms with Gasteiger partial charge < -0.3 is 30.4 Å². The quantitative estimate of drug-likeness (QED) is 0.186. The third-order valence-electron chi connectivity index (χ3n) is 6.23. The van der Waals surface area contributed by atoms with Crippen molar-refractivity contribution in [2.24, 2.45) is 0 Å². The molecule has 1 amide bonds. The molecule has 0 aliphatic heterocycles. The van der Waals surface area contributed by atoms with E-state index in [1.54, 1.807) is 61.5 Å². The van der Waals surface area contributed by atoms with E-state index in [1.165, 1.54) is 12.1 Å². The van der Waals surface area contributed by atoms with Gasteiger partial charge in [0.2, 0.25) is 11.8 Å². The number of ether oxygens (including phenoxy) is 1. The van der Waals surface area contributed by atoms with Crippen molar-refractivity contribution in [1.82, 2.24) is 9.55 Å². The summed E-state index contributed by atoms with van der Waals surface area (Å²) in [4.78, 5) is 29.4. The first-order valence-corrected chi connectivity index (χ1v) is 12.9. The number of aromatic hydroxyl groups is 1. The second-order valence-corrected chi connectivity index (χ2v) is 9.84. The number of aliphatic hydroxyl groups is 2. The molecular formula is C28H27BrFN3O6. The van der Waals surface area contributed by atoms with E-state index in [4.69, 9.17) is 9.84 Å². The van der Waals surface area contributed by atoms with Gasteiger partial charge in [-0.3, -0.25) is 4.79 Å². The number of benzene rings is 3. The largest absolute Gasteiger partial charge is 0.493 e. The molecule has 11 heteroatoms. The second-order valence-electron chi connectivity index (χ2n) is 8.93. The molecule has 0 saturated heterocycles. The number of hydrogen-bond donors (Lipinski definition) is 5. The number of hydrogen-bond acceptors (Lipinski definition) is 6. The van der Waals surface area contributed by atoms with Crippen LogP contribution >= 0.6 is 15.9 Å². The van der Waals surface area contributed by atoms with Gasteiger partial charge in [-0.1, -0.05) is 53.2 Å². The van der Waals surface area contributed by atoms with E-state index in [2.05, 4.69) is 26.2 Å². The summed E-state index contributed by atoms with van der Waals surface area (Å²) >= 11 is 3.18. The first-order chi connectivity index (χ1) is 18.7. The van der Waals surface area contributed by atoms with Gasteiger partial charge in [0, 0.05) is 16.0 Å². The summed E-state index contributed by atoms with van der Waals surface area (Å²) in [6.45, 7) is 1.19. The monoisotopic (exact) mass is 599 g/mol. The fourth-order valence-corrected chi connectivity index (χ4v) is 4.50. The summed E-state index contributed by atoms with van der Waals surface area (Å²) < 4.78 is 21.4. The lowest BCUT2D eigenvalue weighted by atomic mass is 9.92. The summed E-state index contributed by atoms with van der Waals surface area (Å²) in [5.41, 5.74) is 0.444. The van der Waals surface area contributed by atoms with Crippen LogP contribution in [0.3, 0.4) is 0 Å². The Morgan fingerprint density at radius 2 is 1.82 bits per heavy atom. The Labute approximate surface area is 231 Å². The highest BCUT2D eigenvalue weighted by Crippen LogP contribution is 2.36. The summed E-state index contributed by atoms with van der Waals surface area (Å²) in [7, 11) is 0. The van der Waals surface area contributed by atoms with Crippen LogP contribution < -0.4 is 15.7 Å². The van der Waals surface area contributed by atoms with Crippen LogP contribution in [0.4, 0.5) is 10.1 Å². The van der Waals surface area contributed by atoms with Crippen LogP contribution in [0.25, 0.3) is 11.3 Å². The third kappa shape index (κ3) is 6.39. The Hall–Kier alpha value is -3.93. The molecule has 5 N–H and O–H groups in total. The summed E-state index contributed by atoms with van der Waals surface area (Å²) in [6.07, 6.45) is -1.03. The average molecular weight is 600 g/mol. The van der Waals surface area contributed by atoms with Crippen LogP contribution in [-0.4, -0.2) is 50.1 Å². The number of carbonyl (C=O) groups is 1. The van der Waals surface area contributed by atoms with Gasteiger partial charge in [-0.05, 0) is 48.0 Å². The zero-order chi connectivity index (χ0) is 28.1. The maximum atomic E-state index is 14.5. The SMILES string of the molecule is C[C@@H](c1ccccc1)[C@@H](C(=O)Nc1ccc(Br)cc1F)n1c(O)c(-c2ccc(OC[C@H](O)CO)cc2)[nH]c1=O. The number of carbonyl (C=O) groups excluding carboxylic acids is 1. The average Bonchev–Trinajstić information content (AvgIpc) is 3.23. The Balaban J connectivity index is 1.71. The first-order valence-electron chi connectivity index (χ1n) is 12.1. The third-order valence-corrected chi connectivity index (χ3v) is 6.73. The molecule has 204 valence electrons. The molecule has 0 radical (unpaired) electrons. The van der Waals surface area contributed by atoms with Crippen LogP contribution in [0.1, 0.15) is 24.4 Å². The van der Waals surface area contributed by atoms with Crippen LogP contribution in [0.15, 0.2) is 82.1 Å². The molecule has 39 heavy (non-hydrogen) atoms. The number of aromatic nitrogens is 2. The molecule has 4 rings (SSSR count). The predicted molar refractivity (Wildman–Crippen MR) is 147 cm³/mol. The van der Waals surface area contributed by atoms with E-state index in [-0.39, 0.29) is 18.0 Å². The van der Waals surface area contributed by atoms with Crippen molar-refractivity contribution in [3.8, 4) is 22.9 Å². The van der Waals surface area contributed by atoms with Crippen molar-refractivity contribution < 1.29 is 29.2 Å².